The molecule has 20 heavy (non-hydrogen) atoms. The summed E-state index contributed by atoms with van der Waals surface area (Å²) in [5.74, 6) is -2.27. The molecule has 1 rings (SSSR count). The highest BCUT2D eigenvalue weighted by Crippen LogP contribution is 2.23. The Hall–Kier alpha value is -1.72. The van der Waals surface area contributed by atoms with Crippen LogP contribution in [0.5, 0.6) is 0 Å². The molecular weight excluding hydrogens is 305 g/mol. The second kappa shape index (κ2) is 7.17. The summed E-state index contributed by atoms with van der Waals surface area (Å²) in [6.07, 6.45) is 0.795. The van der Waals surface area contributed by atoms with Gasteiger partial charge in [-0.15, -0.1) is 0 Å². The monoisotopic (exact) mass is 317 g/mol. The van der Waals surface area contributed by atoms with Crippen molar-refractivity contribution in [3.8, 4) is 0 Å². The number of benzene rings is 1. The minimum Gasteiger partial charge on any atom is -0.502 e. The Balaban J connectivity index is 2.75. The number of esters is 1. The van der Waals surface area contributed by atoms with Gasteiger partial charge in [0.2, 0.25) is 5.76 Å². The number of hydrogen-bond acceptors (Lipinski definition) is 4. The van der Waals surface area contributed by atoms with E-state index in [0.29, 0.717) is 10.0 Å². The maximum atomic E-state index is 11.8. The lowest BCUT2D eigenvalue weighted by Gasteiger charge is -2.15. The normalized spacial score (nSPS) is 11.1. The van der Waals surface area contributed by atoms with Crippen molar-refractivity contribution < 1.29 is 19.4 Å². The zero-order valence-electron chi connectivity index (χ0n) is 10.9. The van der Waals surface area contributed by atoms with Crippen molar-refractivity contribution >= 4 is 35.1 Å². The van der Waals surface area contributed by atoms with Crippen molar-refractivity contribution in [1.29, 1.82) is 0 Å². The van der Waals surface area contributed by atoms with Crippen molar-refractivity contribution in [3.05, 3.63) is 45.6 Å². The lowest BCUT2D eigenvalue weighted by Crippen LogP contribution is -2.25. The molecule has 0 fully saturated rings. The van der Waals surface area contributed by atoms with Crippen LogP contribution in [-0.2, 0) is 20.9 Å². The maximum absolute atomic E-state index is 11.8. The summed E-state index contributed by atoms with van der Waals surface area (Å²) < 4.78 is 4.28. The van der Waals surface area contributed by atoms with Gasteiger partial charge in [-0.25, -0.2) is 4.79 Å². The predicted octanol–water partition coefficient (Wildman–Crippen LogP) is 2.57. The molecule has 0 aromatic heterocycles. The van der Waals surface area contributed by atoms with Crippen LogP contribution in [0.2, 0.25) is 10.0 Å². The molecule has 0 aliphatic rings. The number of aliphatic hydroxyl groups is 1. The highest BCUT2D eigenvalue weighted by atomic mass is 35.5. The van der Waals surface area contributed by atoms with Crippen molar-refractivity contribution in [3.63, 3.8) is 0 Å². The Bertz CT molecular complexity index is 557. The number of amides is 1. The molecular formula is C13H13Cl2NO4. The molecule has 0 heterocycles. The van der Waals surface area contributed by atoms with Crippen LogP contribution < -0.4 is 0 Å². The number of nitrogens with zero attached hydrogens (tertiary/aromatic N) is 1. The molecule has 0 aliphatic heterocycles. The van der Waals surface area contributed by atoms with E-state index in [1.165, 1.54) is 11.9 Å². The lowest BCUT2D eigenvalue weighted by atomic mass is 10.2. The average molecular weight is 318 g/mol. The molecule has 0 radical (unpaired) electrons. The molecule has 1 N–H and O–H groups in total. The quantitative estimate of drug-likeness (QED) is 0.526. The van der Waals surface area contributed by atoms with E-state index >= 15 is 0 Å². The molecule has 0 unspecified atom stereocenters. The van der Waals surface area contributed by atoms with E-state index in [1.807, 2.05) is 0 Å². The Morgan fingerprint density at radius 3 is 2.55 bits per heavy atom. The van der Waals surface area contributed by atoms with Gasteiger partial charge < -0.3 is 14.7 Å². The van der Waals surface area contributed by atoms with Gasteiger partial charge in [0.1, 0.15) is 0 Å². The zero-order chi connectivity index (χ0) is 15.3. The second-order valence-corrected chi connectivity index (χ2v) is 4.78. The molecule has 1 aromatic carbocycles. The number of methoxy groups -OCH3 is 1. The summed E-state index contributed by atoms with van der Waals surface area (Å²) in [7, 11) is 2.63. The fraction of sp³-hybridized carbons (Fsp3) is 0.231. The number of rotatable bonds is 4. The molecule has 108 valence electrons. The first kappa shape index (κ1) is 16.3. The smallest absolute Gasteiger partial charge is 0.373 e. The fourth-order valence-electron chi connectivity index (χ4n) is 1.38. The molecule has 0 bridgehead atoms. The van der Waals surface area contributed by atoms with E-state index in [-0.39, 0.29) is 6.54 Å². The number of ether oxygens (including phenoxy) is 1. The van der Waals surface area contributed by atoms with E-state index in [9.17, 15) is 14.7 Å². The number of halogens is 2. The summed E-state index contributed by atoms with van der Waals surface area (Å²) >= 11 is 11.7. The van der Waals surface area contributed by atoms with Gasteiger partial charge in [0.05, 0.1) is 23.2 Å². The van der Waals surface area contributed by atoms with Gasteiger partial charge in [0.15, 0.2) is 0 Å². The number of carbonyl (C=O) groups is 2. The van der Waals surface area contributed by atoms with Crippen LogP contribution >= 0.6 is 23.2 Å². The SMILES string of the molecule is COC(=O)C(O)=CC(=O)N(C)Cc1ccc(Cl)c(Cl)c1. The summed E-state index contributed by atoms with van der Waals surface area (Å²) in [4.78, 5) is 24.0. The number of aliphatic hydroxyl groups excluding tert-OH is 1. The largest absolute Gasteiger partial charge is 0.502 e. The highest BCUT2D eigenvalue weighted by Gasteiger charge is 2.13. The Labute approximate surface area is 126 Å². The molecule has 5 nitrogen and oxygen atoms in total. The van der Waals surface area contributed by atoms with Crippen LogP contribution in [0, 0.1) is 0 Å². The van der Waals surface area contributed by atoms with Crippen LogP contribution in [0.25, 0.3) is 0 Å². The van der Waals surface area contributed by atoms with Crippen LogP contribution in [0.15, 0.2) is 30.0 Å². The fourth-order valence-corrected chi connectivity index (χ4v) is 1.70. The third-order valence-electron chi connectivity index (χ3n) is 2.43. The van der Waals surface area contributed by atoms with Gasteiger partial charge in [-0.1, -0.05) is 29.3 Å². The van der Waals surface area contributed by atoms with Gasteiger partial charge in [0, 0.05) is 13.6 Å². The summed E-state index contributed by atoms with van der Waals surface area (Å²) in [5, 5.41) is 10.1. The topological polar surface area (TPSA) is 66.8 Å². The van der Waals surface area contributed by atoms with Crippen molar-refractivity contribution in [2.75, 3.05) is 14.2 Å². The van der Waals surface area contributed by atoms with Crippen molar-refractivity contribution in [2.24, 2.45) is 0 Å². The number of likely N-dealkylation sites (N-methyl/N-ethyl adjacent to an activating group) is 1. The first-order chi connectivity index (χ1) is 9.35. The molecule has 0 saturated carbocycles. The van der Waals surface area contributed by atoms with Crippen LogP contribution in [0.4, 0.5) is 0 Å². The molecule has 0 saturated heterocycles. The molecule has 0 atom stereocenters. The minimum atomic E-state index is -0.971. The van der Waals surface area contributed by atoms with Crippen LogP contribution in [-0.4, -0.2) is 36.0 Å². The Morgan fingerprint density at radius 1 is 1.35 bits per heavy atom. The van der Waals surface area contributed by atoms with E-state index in [1.54, 1.807) is 18.2 Å². The average Bonchev–Trinajstić information content (AvgIpc) is 2.41. The Kier molecular flexibility index (Phi) is 5.85. The van der Waals surface area contributed by atoms with Crippen molar-refractivity contribution in [2.45, 2.75) is 6.54 Å². The maximum Gasteiger partial charge on any atom is 0.373 e. The Morgan fingerprint density at radius 2 is 2.00 bits per heavy atom. The van der Waals surface area contributed by atoms with E-state index < -0.39 is 17.6 Å². The third-order valence-corrected chi connectivity index (χ3v) is 3.17. The van der Waals surface area contributed by atoms with Crippen molar-refractivity contribution in [1.82, 2.24) is 4.90 Å². The number of carbonyl (C=O) groups excluding carboxylic acids is 2. The minimum absolute atomic E-state index is 0.251. The van der Waals surface area contributed by atoms with Gasteiger partial charge in [0.25, 0.3) is 5.91 Å². The summed E-state index contributed by atoms with van der Waals surface area (Å²) in [6.45, 7) is 0.251. The van der Waals surface area contributed by atoms with E-state index in [4.69, 9.17) is 23.2 Å². The van der Waals surface area contributed by atoms with E-state index in [0.717, 1.165) is 18.7 Å². The van der Waals surface area contributed by atoms with Crippen LogP contribution in [0.1, 0.15) is 5.56 Å². The van der Waals surface area contributed by atoms with Gasteiger partial charge in [-0.05, 0) is 17.7 Å². The highest BCUT2D eigenvalue weighted by molar-refractivity contribution is 6.42. The third kappa shape index (κ3) is 4.43. The van der Waals surface area contributed by atoms with Gasteiger partial charge in [-0.3, -0.25) is 4.79 Å². The molecule has 1 aromatic rings. The molecule has 1 amide bonds. The first-order valence-corrected chi connectivity index (χ1v) is 6.28. The molecule has 7 heteroatoms. The lowest BCUT2D eigenvalue weighted by molar-refractivity contribution is -0.139. The van der Waals surface area contributed by atoms with E-state index in [2.05, 4.69) is 4.74 Å². The zero-order valence-corrected chi connectivity index (χ0v) is 12.4. The standard InChI is InChI=1S/C13H13Cl2NO4/c1-16(12(18)6-11(17)13(19)20-2)7-8-3-4-9(14)10(15)5-8/h3-6,17H,7H2,1-2H3. The second-order valence-electron chi connectivity index (χ2n) is 3.96. The summed E-state index contributed by atoms with van der Waals surface area (Å²) in [6, 6.07) is 4.98. The number of hydrogen-bond donors (Lipinski definition) is 1. The van der Waals surface area contributed by atoms with Gasteiger partial charge >= 0.3 is 5.97 Å². The molecule has 0 spiro atoms. The predicted molar refractivity (Wildman–Crippen MR) is 75.7 cm³/mol. The van der Waals surface area contributed by atoms with Gasteiger partial charge in [-0.2, -0.15) is 0 Å². The first-order valence-electron chi connectivity index (χ1n) is 5.53. The molecule has 0 aliphatic carbocycles. The van der Waals surface area contributed by atoms with Crippen LogP contribution in [0.3, 0.4) is 0 Å². The summed E-state index contributed by atoms with van der Waals surface area (Å²) in [5.41, 5.74) is 0.765.